The number of carbonyl (C=O) groups is 2. The van der Waals surface area contributed by atoms with Crippen LogP contribution >= 0.6 is 0 Å². The average Bonchev–Trinajstić information content (AvgIpc) is 3.29. The van der Waals surface area contributed by atoms with E-state index in [1.807, 2.05) is 12.1 Å². The van der Waals surface area contributed by atoms with E-state index in [-0.39, 0.29) is 58.2 Å². The molecule has 0 amide bonds. The van der Waals surface area contributed by atoms with Crippen molar-refractivity contribution in [2.24, 2.45) is 35.5 Å². The van der Waals surface area contributed by atoms with Gasteiger partial charge in [-0.05, 0) is 196 Å². The lowest BCUT2D eigenvalue weighted by Crippen LogP contribution is -2.24. The molecular weight excluding hydrogens is 883 g/mol. The molecule has 68 heavy (non-hydrogen) atoms. The topological polar surface area (TPSA) is 93.1 Å². The van der Waals surface area contributed by atoms with Crippen LogP contribution in [0.25, 0.3) is 21.5 Å². The van der Waals surface area contributed by atoms with Crippen molar-refractivity contribution in [3.63, 3.8) is 0 Å². The second-order valence-electron chi connectivity index (χ2n) is 21.2. The lowest BCUT2D eigenvalue weighted by Gasteiger charge is -2.29. The Bertz CT molecular complexity index is 2160. The van der Waals surface area contributed by atoms with Crippen LogP contribution in [0.4, 0.5) is 26.3 Å². The minimum Gasteiger partial charge on any atom is -0.490 e. The molecule has 0 aromatic heterocycles. The van der Waals surface area contributed by atoms with Crippen molar-refractivity contribution in [3.05, 3.63) is 82.9 Å². The van der Waals surface area contributed by atoms with E-state index >= 15 is 0 Å². The van der Waals surface area contributed by atoms with E-state index in [0.717, 1.165) is 101 Å². The molecule has 4 aromatic rings. The lowest BCUT2D eigenvalue weighted by atomic mass is 9.77. The van der Waals surface area contributed by atoms with Crippen molar-refractivity contribution in [2.45, 2.75) is 180 Å². The van der Waals surface area contributed by atoms with Gasteiger partial charge in [0.25, 0.3) is 0 Å². The zero-order valence-corrected chi connectivity index (χ0v) is 40.1. The van der Waals surface area contributed by atoms with Gasteiger partial charge in [0.05, 0.1) is 24.0 Å². The Kier molecular flexibility index (Phi) is 16.7. The summed E-state index contributed by atoms with van der Waals surface area (Å²) < 4.78 is 97.5. The van der Waals surface area contributed by atoms with Crippen LogP contribution in [0.3, 0.4) is 0 Å². The van der Waals surface area contributed by atoms with Gasteiger partial charge in [0.15, 0.2) is 0 Å². The Morgan fingerprint density at radius 1 is 0.515 bits per heavy atom. The van der Waals surface area contributed by atoms with E-state index in [1.165, 1.54) is 12.1 Å². The molecule has 4 aliphatic carbocycles. The molecule has 2 N–H and O–H groups in total. The Hall–Kier alpha value is -4.48. The van der Waals surface area contributed by atoms with Gasteiger partial charge >= 0.3 is 24.3 Å². The SMILES string of the molecule is CC1CCC(Oc2ccc3ccc([C@@H](C)CC4CCC(C(=O)O)CC4)cc3c2C(F)(F)F)CC1.CC1CCC(Oc2ccc3ccc([C@H](C)CC4CCC(C(=O)O)CC4)cc3c2C(F)(F)F)CC1. The van der Waals surface area contributed by atoms with Gasteiger partial charge in [-0.15, -0.1) is 0 Å². The number of alkyl halides is 6. The van der Waals surface area contributed by atoms with Crippen LogP contribution in [0.15, 0.2) is 60.7 Å². The number of hydrogen-bond acceptors (Lipinski definition) is 4. The molecular formula is C56H70F6O6. The van der Waals surface area contributed by atoms with Crippen LogP contribution in [-0.4, -0.2) is 34.4 Å². The fourth-order valence-corrected chi connectivity index (χ4v) is 11.6. The molecule has 4 saturated carbocycles. The number of halogens is 6. The Morgan fingerprint density at radius 3 is 1.15 bits per heavy atom. The quantitative estimate of drug-likeness (QED) is 0.137. The number of carboxylic acid groups (broad SMARTS) is 2. The fraction of sp³-hybridized carbons (Fsp3) is 0.607. The van der Waals surface area contributed by atoms with Crippen molar-refractivity contribution in [1.29, 1.82) is 0 Å². The summed E-state index contributed by atoms with van der Waals surface area (Å²) in [5, 5.41) is 20.0. The second kappa shape index (κ2) is 22.1. The molecule has 0 spiro atoms. The van der Waals surface area contributed by atoms with Crippen LogP contribution in [0.2, 0.25) is 0 Å². The molecule has 2 atom stereocenters. The van der Waals surface area contributed by atoms with Crippen LogP contribution in [0.5, 0.6) is 11.5 Å². The predicted octanol–water partition coefficient (Wildman–Crippen LogP) is 16.4. The number of aliphatic carboxylic acids is 2. The van der Waals surface area contributed by atoms with Crippen LogP contribution in [-0.2, 0) is 21.9 Å². The maximum absolute atomic E-state index is 14.3. The molecule has 6 nitrogen and oxygen atoms in total. The molecule has 0 bridgehead atoms. The fourth-order valence-electron chi connectivity index (χ4n) is 11.6. The normalized spacial score (nSPS) is 26.9. The van der Waals surface area contributed by atoms with Gasteiger partial charge in [-0.1, -0.05) is 76.2 Å². The van der Waals surface area contributed by atoms with Crippen molar-refractivity contribution in [2.75, 3.05) is 0 Å². The molecule has 4 aliphatic rings. The summed E-state index contributed by atoms with van der Waals surface area (Å²) in [7, 11) is 0. The molecule has 0 heterocycles. The first kappa shape index (κ1) is 51.4. The third-order valence-electron chi connectivity index (χ3n) is 16.0. The number of benzene rings is 4. The zero-order chi connectivity index (χ0) is 48.9. The molecule has 4 fully saturated rings. The minimum atomic E-state index is -4.51. The summed E-state index contributed by atoms with van der Waals surface area (Å²) in [5.74, 6) is 0.139. The predicted molar refractivity (Wildman–Crippen MR) is 254 cm³/mol. The Labute approximate surface area is 397 Å². The highest BCUT2D eigenvalue weighted by atomic mass is 19.4. The first-order valence-corrected chi connectivity index (χ1v) is 25.3. The second-order valence-corrected chi connectivity index (χ2v) is 21.2. The van der Waals surface area contributed by atoms with Crippen molar-refractivity contribution in [1.82, 2.24) is 0 Å². The molecule has 0 saturated heterocycles. The largest absolute Gasteiger partial charge is 0.490 e. The average molecular weight is 953 g/mol. The van der Waals surface area contributed by atoms with Gasteiger partial charge in [0, 0.05) is 0 Å². The van der Waals surface area contributed by atoms with Gasteiger partial charge in [-0.3, -0.25) is 9.59 Å². The van der Waals surface area contributed by atoms with Crippen LogP contribution in [0, 0.1) is 35.5 Å². The molecule has 4 aromatic carbocycles. The summed E-state index contributed by atoms with van der Waals surface area (Å²) in [5.41, 5.74) is 0.447. The van der Waals surface area contributed by atoms with Crippen molar-refractivity contribution in [3.8, 4) is 11.5 Å². The smallest absolute Gasteiger partial charge is 0.420 e. The van der Waals surface area contributed by atoms with E-state index < -0.39 is 35.4 Å². The number of carboxylic acids is 2. The molecule has 372 valence electrons. The maximum Gasteiger partial charge on any atom is 0.420 e. The van der Waals surface area contributed by atoms with Gasteiger partial charge in [-0.25, -0.2) is 0 Å². The summed E-state index contributed by atoms with van der Waals surface area (Å²) in [6, 6.07) is 17.2. The number of ether oxygens (including phenoxy) is 2. The Balaban J connectivity index is 0.000000201. The van der Waals surface area contributed by atoms with E-state index in [1.54, 1.807) is 36.4 Å². The number of hydrogen-bond donors (Lipinski definition) is 2. The van der Waals surface area contributed by atoms with Crippen molar-refractivity contribution >= 4 is 33.5 Å². The van der Waals surface area contributed by atoms with Gasteiger partial charge in [0.1, 0.15) is 22.6 Å². The van der Waals surface area contributed by atoms with Crippen LogP contribution in [0.1, 0.15) is 177 Å². The van der Waals surface area contributed by atoms with E-state index in [0.29, 0.717) is 60.1 Å². The molecule has 8 rings (SSSR count). The highest BCUT2D eigenvalue weighted by Crippen LogP contribution is 2.46. The van der Waals surface area contributed by atoms with Crippen LogP contribution < -0.4 is 9.47 Å². The highest BCUT2D eigenvalue weighted by molar-refractivity contribution is 5.90. The van der Waals surface area contributed by atoms with Gasteiger partial charge < -0.3 is 19.7 Å². The van der Waals surface area contributed by atoms with E-state index in [4.69, 9.17) is 9.47 Å². The van der Waals surface area contributed by atoms with E-state index in [2.05, 4.69) is 27.7 Å². The number of rotatable bonds is 12. The highest BCUT2D eigenvalue weighted by Gasteiger charge is 2.39. The van der Waals surface area contributed by atoms with Gasteiger partial charge in [-0.2, -0.15) is 26.3 Å². The standard InChI is InChI=1S/2C28H35F3O3/c2*1-17-3-12-23(13-4-17)34-25-14-11-20-9-10-22(16-24(20)26(25)28(29,30)31)18(2)15-19-5-7-21(8-6-19)27(32)33/h2*9-11,14,16-19,21,23H,3-8,12-13,15H2,1-2H3,(H,32,33)/t2*17?,18-,19?,21?,23?/m10/s1. The summed E-state index contributed by atoms with van der Waals surface area (Å²) >= 11 is 0. The first-order chi connectivity index (χ1) is 32.2. The number of fused-ring (bicyclic) bond motifs is 2. The third-order valence-corrected chi connectivity index (χ3v) is 16.0. The van der Waals surface area contributed by atoms with Gasteiger partial charge in [0.2, 0.25) is 0 Å². The third kappa shape index (κ3) is 13.0. The molecule has 0 radical (unpaired) electrons. The minimum absolute atomic E-state index is 0.0589. The summed E-state index contributed by atoms with van der Waals surface area (Å²) in [6.07, 6.45) is 5.63. The zero-order valence-electron chi connectivity index (χ0n) is 40.1. The lowest BCUT2D eigenvalue weighted by molar-refractivity contribution is -0.144. The summed E-state index contributed by atoms with van der Waals surface area (Å²) in [6.45, 7) is 8.46. The first-order valence-electron chi connectivity index (χ1n) is 25.3. The molecule has 0 unspecified atom stereocenters. The summed E-state index contributed by atoms with van der Waals surface area (Å²) in [4.78, 5) is 22.4. The maximum atomic E-state index is 14.3. The van der Waals surface area contributed by atoms with Crippen molar-refractivity contribution < 1.29 is 55.6 Å². The Morgan fingerprint density at radius 2 is 0.838 bits per heavy atom. The van der Waals surface area contributed by atoms with E-state index in [9.17, 15) is 46.1 Å². The molecule has 12 heteroatoms. The molecule has 0 aliphatic heterocycles. The monoisotopic (exact) mass is 953 g/mol.